The summed E-state index contributed by atoms with van der Waals surface area (Å²) in [5.74, 6) is -0.241. The lowest BCUT2D eigenvalue weighted by atomic mass is 10.2. The van der Waals surface area contributed by atoms with Gasteiger partial charge in [0.1, 0.15) is 10.6 Å². The van der Waals surface area contributed by atoms with Crippen LogP contribution in [0.4, 0.5) is 22.7 Å². The lowest BCUT2D eigenvalue weighted by Crippen LogP contribution is -2.11. The second-order valence-electron chi connectivity index (χ2n) is 5.77. The van der Waals surface area contributed by atoms with Gasteiger partial charge in [-0.2, -0.15) is 13.5 Å². The molecule has 4 N–H and O–H groups in total. The molecule has 0 aromatic heterocycles. The Morgan fingerprint density at radius 1 is 0.929 bits per heavy atom. The predicted octanol–water partition coefficient (Wildman–Crippen LogP) is 4.18. The molecule has 0 aliphatic heterocycles. The molecule has 3 aromatic rings. The summed E-state index contributed by atoms with van der Waals surface area (Å²) in [7, 11) is -4.49. The van der Waals surface area contributed by atoms with E-state index >= 15 is 0 Å². The fourth-order valence-corrected chi connectivity index (χ4v) is 2.99. The first-order chi connectivity index (χ1) is 13.3. The number of nitrogens with two attached hydrogens (primary N) is 1. The third-order valence-corrected chi connectivity index (χ3v) is 4.58. The Hall–Kier alpha value is -3.56. The third kappa shape index (κ3) is 4.78. The lowest BCUT2D eigenvalue weighted by molar-refractivity contribution is 0.102. The van der Waals surface area contributed by atoms with Gasteiger partial charge in [0.05, 0.1) is 5.69 Å². The van der Waals surface area contributed by atoms with Gasteiger partial charge in [-0.15, -0.1) is 5.11 Å². The van der Waals surface area contributed by atoms with E-state index in [0.29, 0.717) is 16.9 Å². The normalized spacial score (nSPS) is 11.5. The van der Waals surface area contributed by atoms with Gasteiger partial charge in [0.25, 0.3) is 16.0 Å². The quantitative estimate of drug-likeness (QED) is 0.338. The average molecular weight is 396 g/mol. The van der Waals surface area contributed by atoms with Gasteiger partial charge in [-0.25, -0.2) is 0 Å². The molecule has 28 heavy (non-hydrogen) atoms. The van der Waals surface area contributed by atoms with Crippen LogP contribution in [0.2, 0.25) is 0 Å². The first-order valence-electron chi connectivity index (χ1n) is 8.08. The monoisotopic (exact) mass is 396 g/mol. The zero-order valence-electron chi connectivity index (χ0n) is 14.5. The van der Waals surface area contributed by atoms with Crippen LogP contribution in [0.25, 0.3) is 0 Å². The fraction of sp³-hybridized carbons (Fsp3) is 0. The van der Waals surface area contributed by atoms with E-state index in [1.807, 2.05) is 6.07 Å². The highest BCUT2D eigenvalue weighted by molar-refractivity contribution is 7.86. The first-order valence-corrected chi connectivity index (χ1v) is 9.52. The maximum absolute atomic E-state index is 12.1. The Bertz CT molecular complexity index is 1130. The SMILES string of the molecule is Nc1ccc(N=Nc2ccc(NC(=O)c3ccccc3)cc2)c(S(=O)(=O)O)c1. The number of benzene rings is 3. The molecule has 1 amide bonds. The van der Waals surface area contributed by atoms with E-state index in [4.69, 9.17) is 5.73 Å². The van der Waals surface area contributed by atoms with Gasteiger partial charge in [0.15, 0.2) is 0 Å². The van der Waals surface area contributed by atoms with Gasteiger partial charge in [-0.3, -0.25) is 9.35 Å². The minimum Gasteiger partial charge on any atom is -0.399 e. The van der Waals surface area contributed by atoms with E-state index in [2.05, 4.69) is 15.5 Å². The first kappa shape index (κ1) is 19.2. The van der Waals surface area contributed by atoms with Crippen molar-refractivity contribution in [2.75, 3.05) is 11.1 Å². The smallest absolute Gasteiger partial charge is 0.296 e. The van der Waals surface area contributed by atoms with Gasteiger partial charge in [-0.1, -0.05) is 18.2 Å². The number of nitrogen functional groups attached to an aromatic ring is 1. The van der Waals surface area contributed by atoms with Gasteiger partial charge >= 0.3 is 0 Å². The molecule has 0 bridgehead atoms. The Morgan fingerprint density at radius 3 is 2.25 bits per heavy atom. The van der Waals surface area contributed by atoms with Gasteiger partial charge in [0.2, 0.25) is 0 Å². The Labute approximate surface area is 161 Å². The number of amides is 1. The molecular formula is C19H16N4O4S. The number of rotatable bonds is 5. The highest BCUT2D eigenvalue weighted by atomic mass is 32.2. The number of nitrogens with one attached hydrogen (secondary N) is 1. The summed E-state index contributed by atoms with van der Waals surface area (Å²) in [4.78, 5) is 11.7. The van der Waals surface area contributed by atoms with Crippen molar-refractivity contribution in [2.24, 2.45) is 10.2 Å². The van der Waals surface area contributed by atoms with E-state index in [0.717, 1.165) is 6.07 Å². The summed E-state index contributed by atoms with van der Waals surface area (Å²) < 4.78 is 32.2. The molecule has 0 aliphatic rings. The topological polar surface area (TPSA) is 134 Å². The summed E-state index contributed by atoms with van der Waals surface area (Å²) in [5.41, 5.74) is 7.21. The molecule has 0 atom stereocenters. The standard InChI is InChI=1S/C19H16N4O4S/c20-14-6-11-17(18(12-14)28(25,26)27)23-22-16-9-7-15(8-10-16)21-19(24)13-4-2-1-3-5-13/h1-12H,20H2,(H,21,24)(H,25,26,27). The van der Waals surface area contributed by atoms with E-state index < -0.39 is 15.0 Å². The molecule has 8 nitrogen and oxygen atoms in total. The van der Waals surface area contributed by atoms with E-state index in [9.17, 15) is 17.8 Å². The molecule has 0 aliphatic carbocycles. The molecule has 0 heterocycles. The van der Waals surface area contributed by atoms with Crippen molar-refractivity contribution in [2.45, 2.75) is 4.90 Å². The summed E-state index contributed by atoms with van der Waals surface area (Å²) >= 11 is 0. The molecule has 3 aromatic carbocycles. The van der Waals surface area contributed by atoms with E-state index in [1.54, 1.807) is 48.5 Å². The van der Waals surface area contributed by atoms with Crippen LogP contribution in [-0.2, 0) is 10.1 Å². The van der Waals surface area contributed by atoms with Gasteiger partial charge in [0, 0.05) is 16.9 Å². The highest BCUT2D eigenvalue weighted by Gasteiger charge is 2.16. The van der Waals surface area contributed by atoms with Crippen LogP contribution in [0.3, 0.4) is 0 Å². The van der Waals surface area contributed by atoms with Crippen LogP contribution < -0.4 is 11.1 Å². The third-order valence-electron chi connectivity index (χ3n) is 3.70. The fourth-order valence-electron chi connectivity index (χ4n) is 2.34. The number of azo groups is 1. The van der Waals surface area contributed by atoms with Crippen LogP contribution in [0.1, 0.15) is 10.4 Å². The minimum absolute atomic E-state index is 0.0434. The molecule has 142 valence electrons. The largest absolute Gasteiger partial charge is 0.399 e. The molecule has 3 rings (SSSR count). The Kier molecular flexibility index (Phi) is 5.48. The molecule has 0 fully saturated rings. The molecule has 0 saturated carbocycles. The Balaban J connectivity index is 1.76. The zero-order valence-corrected chi connectivity index (χ0v) is 15.3. The number of nitrogens with zero attached hydrogens (tertiary/aromatic N) is 2. The molecule has 0 unspecified atom stereocenters. The highest BCUT2D eigenvalue weighted by Crippen LogP contribution is 2.28. The Morgan fingerprint density at radius 2 is 1.61 bits per heavy atom. The number of anilines is 2. The number of hydrogen-bond acceptors (Lipinski definition) is 6. The van der Waals surface area contributed by atoms with Gasteiger partial charge < -0.3 is 11.1 Å². The molecular weight excluding hydrogens is 380 g/mol. The average Bonchev–Trinajstić information content (AvgIpc) is 2.68. The minimum atomic E-state index is -4.49. The van der Waals surface area contributed by atoms with Crippen molar-refractivity contribution in [3.8, 4) is 0 Å². The number of carbonyl (C=O) groups excluding carboxylic acids is 1. The van der Waals surface area contributed by atoms with Crippen LogP contribution in [0, 0.1) is 0 Å². The van der Waals surface area contributed by atoms with E-state index in [1.165, 1.54) is 12.1 Å². The molecule has 0 saturated heterocycles. The second-order valence-corrected chi connectivity index (χ2v) is 7.16. The summed E-state index contributed by atoms with van der Waals surface area (Å²) in [6.07, 6.45) is 0. The number of carbonyl (C=O) groups is 1. The number of hydrogen-bond donors (Lipinski definition) is 3. The summed E-state index contributed by atoms with van der Waals surface area (Å²) in [5, 5.41) is 10.6. The van der Waals surface area contributed by atoms with Crippen LogP contribution in [0.5, 0.6) is 0 Å². The maximum Gasteiger partial charge on any atom is 0.296 e. The second kappa shape index (κ2) is 7.99. The summed E-state index contributed by atoms with van der Waals surface area (Å²) in [6.45, 7) is 0. The van der Waals surface area contributed by atoms with Crippen molar-refractivity contribution in [1.82, 2.24) is 0 Å². The van der Waals surface area contributed by atoms with Crippen molar-refractivity contribution in [3.05, 3.63) is 78.4 Å². The molecule has 9 heteroatoms. The van der Waals surface area contributed by atoms with Crippen LogP contribution >= 0.6 is 0 Å². The maximum atomic E-state index is 12.1. The van der Waals surface area contributed by atoms with Crippen molar-refractivity contribution in [1.29, 1.82) is 0 Å². The predicted molar refractivity (Wildman–Crippen MR) is 106 cm³/mol. The van der Waals surface area contributed by atoms with Crippen LogP contribution in [-0.4, -0.2) is 18.9 Å². The lowest BCUT2D eigenvalue weighted by Gasteiger charge is -2.05. The zero-order chi connectivity index (χ0) is 20.1. The van der Waals surface area contributed by atoms with Crippen LogP contribution in [0.15, 0.2) is 87.9 Å². The summed E-state index contributed by atoms with van der Waals surface area (Å²) in [6, 6.07) is 19.2. The van der Waals surface area contributed by atoms with E-state index in [-0.39, 0.29) is 17.3 Å². The molecule has 0 spiro atoms. The van der Waals surface area contributed by atoms with Gasteiger partial charge in [-0.05, 0) is 54.6 Å². The van der Waals surface area contributed by atoms with Crippen molar-refractivity contribution in [3.63, 3.8) is 0 Å². The van der Waals surface area contributed by atoms with Crippen molar-refractivity contribution >= 4 is 38.8 Å². The molecule has 0 radical (unpaired) electrons. The van der Waals surface area contributed by atoms with Crippen molar-refractivity contribution < 1.29 is 17.8 Å².